The summed E-state index contributed by atoms with van der Waals surface area (Å²) in [5.74, 6) is -0.634. The summed E-state index contributed by atoms with van der Waals surface area (Å²) in [6, 6.07) is 15.6. The number of ether oxygens (including phenoxy) is 1. The Morgan fingerprint density at radius 3 is 2.23 bits per heavy atom. The van der Waals surface area contributed by atoms with Crippen LogP contribution in [0, 0.1) is 0 Å². The van der Waals surface area contributed by atoms with Gasteiger partial charge in [0, 0.05) is 36.8 Å². The Labute approximate surface area is 152 Å². The van der Waals surface area contributed by atoms with E-state index in [1.165, 1.54) is 7.11 Å². The number of rotatable bonds is 7. The van der Waals surface area contributed by atoms with Gasteiger partial charge in [0.2, 0.25) is 0 Å². The minimum absolute atomic E-state index is 0.143. The highest BCUT2D eigenvalue weighted by molar-refractivity contribution is 6.04. The number of anilines is 1. The average molecular weight is 354 g/mol. The summed E-state index contributed by atoms with van der Waals surface area (Å²) in [6.45, 7) is 0.459. The van der Waals surface area contributed by atoms with E-state index >= 15 is 0 Å². The topological polar surface area (TPSA) is 75.7 Å². The first-order chi connectivity index (χ1) is 12.5. The number of hydrogen-bond acceptors (Lipinski definition) is 4. The lowest BCUT2D eigenvalue weighted by atomic mass is 10.1. The van der Waals surface area contributed by atoms with Crippen molar-refractivity contribution in [1.82, 2.24) is 4.90 Å². The van der Waals surface area contributed by atoms with E-state index < -0.39 is 0 Å². The Balaban J connectivity index is 1.90. The molecule has 1 N–H and O–H groups in total. The second kappa shape index (κ2) is 9.36. The molecule has 2 aromatic rings. The molecule has 0 atom stereocenters. The van der Waals surface area contributed by atoms with E-state index in [1.807, 2.05) is 6.07 Å². The second-order valence-corrected chi connectivity index (χ2v) is 5.80. The minimum Gasteiger partial charge on any atom is -0.469 e. The molecule has 0 aliphatic rings. The molecule has 0 unspecified atom stereocenters. The summed E-state index contributed by atoms with van der Waals surface area (Å²) in [4.78, 5) is 37.1. The molecule has 0 bridgehead atoms. The van der Waals surface area contributed by atoms with Crippen LogP contribution in [0.25, 0.3) is 0 Å². The molecule has 0 saturated carbocycles. The maximum atomic E-state index is 12.4. The fourth-order valence-corrected chi connectivity index (χ4v) is 2.37. The van der Waals surface area contributed by atoms with Crippen LogP contribution >= 0.6 is 0 Å². The number of benzene rings is 2. The van der Waals surface area contributed by atoms with Gasteiger partial charge >= 0.3 is 5.97 Å². The summed E-state index contributed by atoms with van der Waals surface area (Å²) in [6.07, 6.45) is 0.818. The lowest BCUT2D eigenvalue weighted by Crippen LogP contribution is -2.28. The fraction of sp³-hybridized carbons (Fsp3) is 0.250. The van der Waals surface area contributed by atoms with Crippen LogP contribution in [-0.4, -0.2) is 43.4 Å². The smallest absolute Gasteiger partial charge is 0.305 e. The third kappa shape index (κ3) is 5.44. The zero-order valence-corrected chi connectivity index (χ0v) is 14.9. The van der Waals surface area contributed by atoms with Crippen LogP contribution in [0.15, 0.2) is 54.6 Å². The zero-order chi connectivity index (χ0) is 18.9. The van der Waals surface area contributed by atoms with Crippen LogP contribution in [-0.2, 0) is 9.53 Å². The first kappa shape index (κ1) is 19.2. The quantitative estimate of drug-likeness (QED) is 0.776. The van der Waals surface area contributed by atoms with Crippen molar-refractivity contribution >= 4 is 23.5 Å². The third-order valence-corrected chi connectivity index (χ3v) is 3.87. The van der Waals surface area contributed by atoms with Gasteiger partial charge in [-0.05, 0) is 42.8 Å². The summed E-state index contributed by atoms with van der Waals surface area (Å²) in [5, 5.41) is 2.79. The van der Waals surface area contributed by atoms with Gasteiger partial charge in [-0.15, -0.1) is 0 Å². The average Bonchev–Trinajstić information content (AvgIpc) is 2.68. The molecule has 0 aliphatic carbocycles. The van der Waals surface area contributed by atoms with Crippen molar-refractivity contribution in [3.8, 4) is 0 Å². The van der Waals surface area contributed by atoms with Crippen molar-refractivity contribution in [3.63, 3.8) is 0 Å². The molecule has 0 spiro atoms. The predicted octanol–water partition coefficient (Wildman–Crippen LogP) is 2.96. The molecule has 6 nitrogen and oxygen atoms in total. The molecule has 0 aromatic heterocycles. The molecule has 6 heteroatoms. The van der Waals surface area contributed by atoms with Crippen molar-refractivity contribution in [1.29, 1.82) is 0 Å². The molecule has 136 valence electrons. The molecule has 0 radical (unpaired) electrons. The van der Waals surface area contributed by atoms with E-state index in [9.17, 15) is 14.4 Å². The number of methoxy groups -OCH3 is 1. The van der Waals surface area contributed by atoms with E-state index in [1.54, 1.807) is 60.5 Å². The second-order valence-electron chi connectivity index (χ2n) is 5.80. The largest absolute Gasteiger partial charge is 0.469 e. The highest BCUT2D eigenvalue weighted by Crippen LogP contribution is 2.13. The first-order valence-corrected chi connectivity index (χ1v) is 8.30. The zero-order valence-electron chi connectivity index (χ0n) is 14.9. The molecular formula is C20H22N2O4. The maximum absolute atomic E-state index is 12.4. The van der Waals surface area contributed by atoms with Crippen molar-refractivity contribution in [2.24, 2.45) is 0 Å². The number of hydrogen-bond donors (Lipinski definition) is 1. The van der Waals surface area contributed by atoms with Gasteiger partial charge < -0.3 is 15.0 Å². The van der Waals surface area contributed by atoms with Crippen LogP contribution in [0.3, 0.4) is 0 Å². The van der Waals surface area contributed by atoms with E-state index in [2.05, 4.69) is 10.1 Å². The number of carbonyl (C=O) groups excluding carboxylic acids is 3. The van der Waals surface area contributed by atoms with Gasteiger partial charge in [0.15, 0.2) is 0 Å². The molecule has 0 saturated heterocycles. The summed E-state index contributed by atoms with van der Waals surface area (Å²) in [7, 11) is 3.03. The molecule has 2 amide bonds. The van der Waals surface area contributed by atoms with Crippen LogP contribution in [0.1, 0.15) is 33.6 Å². The van der Waals surface area contributed by atoms with Crippen molar-refractivity contribution in [2.75, 3.05) is 26.0 Å². The number of esters is 1. The highest BCUT2D eigenvalue weighted by Gasteiger charge is 2.13. The Morgan fingerprint density at radius 1 is 0.962 bits per heavy atom. The monoisotopic (exact) mass is 354 g/mol. The normalized spacial score (nSPS) is 10.1. The third-order valence-electron chi connectivity index (χ3n) is 3.87. The molecule has 0 fully saturated rings. The number of amides is 2. The highest BCUT2D eigenvalue weighted by atomic mass is 16.5. The molecule has 2 aromatic carbocycles. The van der Waals surface area contributed by atoms with E-state index in [0.29, 0.717) is 29.8 Å². The number of nitrogens with zero attached hydrogens (tertiary/aromatic N) is 1. The summed E-state index contributed by atoms with van der Waals surface area (Å²) >= 11 is 0. The Kier molecular flexibility index (Phi) is 6.91. The lowest BCUT2D eigenvalue weighted by Gasteiger charge is -2.17. The van der Waals surface area contributed by atoms with E-state index in [-0.39, 0.29) is 24.2 Å². The summed E-state index contributed by atoms with van der Waals surface area (Å²) < 4.78 is 4.58. The Morgan fingerprint density at radius 2 is 1.62 bits per heavy atom. The minimum atomic E-state index is -0.288. The molecule has 2 rings (SSSR count). The van der Waals surface area contributed by atoms with Crippen LogP contribution in [0.2, 0.25) is 0 Å². The van der Waals surface area contributed by atoms with E-state index in [4.69, 9.17) is 0 Å². The van der Waals surface area contributed by atoms with E-state index in [0.717, 1.165) is 0 Å². The van der Waals surface area contributed by atoms with Crippen molar-refractivity contribution < 1.29 is 19.1 Å². The van der Waals surface area contributed by atoms with Crippen LogP contribution < -0.4 is 5.32 Å². The van der Waals surface area contributed by atoms with Gasteiger partial charge in [0.1, 0.15) is 0 Å². The standard InChI is InChI=1S/C20H22N2O4/c1-22(14-6-9-18(23)26-2)20(25)16-10-12-17(13-11-16)21-19(24)15-7-4-3-5-8-15/h3-5,7-8,10-13H,6,9,14H2,1-2H3,(H,21,24). The fourth-order valence-electron chi connectivity index (χ4n) is 2.37. The number of carbonyl (C=O) groups is 3. The van der Waals surface area contributed by atoms with Crippen molar-refractivity contribution in [2.45, 2.75) is 12.8 Å². The van der Waals surface area contributed by atoms with Gasteiger partial charge in [-0.2, -0.15) is 0 Å². The first-order valence-electron chi connectivity index (χ1n) is 8.30. The predicted molar refractivity (Wildman–Crippen MR) is 99.0 cm³/mol. The molecule has 26 heavy (non-hydrogen) atoms. The van der Waals surface area contributed by atoms with Gasteiger partial charge in [-0.3, -0.25) is 14.4 Å². The Bertz CT molecular complexity index is 757. The molecular weight excluding hydrogens is 332 g/mol. The van der Waals surface area contributed by atoms with Gasteiger partial charge in [0.05, 0.1) is 7.11 Å². The van der Waals surface area contributed by atoms with Gasteiger partial charge in [0.25, 0.3) is 11.8 Å². The van der Waals surface area contributed by atoms with Gasteiger partial charge in [-0.25, -0.2) is 0 Å². The SMILES string of the molecule is COC(=O)CCCN(C)C(=O)c1ccc(NC(=O)c2ccccc2)cc1. The Hall–Kier alpha value is -3.15. The molecule has 0 heterocycles. The van der Waals surface area contributed by atoms with Crippen LogP contribution in [0.4, 0.5) is 5.69 Å². The van der Waals surface area contributed by atoms with Crippen molar-refractivity contribution in [3.05, 3.63) is 65.7 Å². The van der Waals surface area contributed by atoms with Crippen LogP contribution in [0.5, 0.6) is 0 Å². The number of nitrogens with one attached hydrogen (secondary N) is 1. The maximum Gasteiger partial charge on any atom is 0.305 e. The van der Waals surface area contributed by atoms with Gasteiger partial charge in [-0.1, -0.05) is 18.2 Å². The lowest BCUT2D eigenvalue weighted by molar-refractivity contribution is -0.140. The summed E-state index contributed by atoms with van der Waals surface area (Å²) in [5.41, 5.74) is 1.70. The molecule has 0 aliphatic heterocycles.